The Balaban J connectivity index is 1.76. The molecule has 0 spiro atoms. The van der Waals surface area contributed by atoms with E-state index in [2.05, 4.69) is 48.5 Å². The Kier molecular flexibility index (Phi) is 4.77. The monoisotopic (exact) mass is 417 g/mol. The van der Waals surface area contributed by atoms with Gasteiger partial charge in [-0.3, -0.25) is 4.79 Å². The van der Waals surface area contributed by atoms with Crippen LogP contribution in [-0.4, -0.2) is 38.8 Å². The van der Waals surface area contributed by atoms with E-state index in [1.54, 1.807) is 6.92 Å². The summed E-state index contributed by atoms with van der Waals surface area (Å²) < 4.78 is 7.19. The smallest absolute Gasteiger partial charge is 0.341 e. The van der Waals surface area contributed by atoms with Gasteiger partial charge in [0.15, 0.2) is 0 Å². The van der Waals surface area contributed by atoms with Crippen molar-refractivity contribution in [2.24, 2.45) is 0 Å². The molecule has 2 aliphatic rings. The number of amides is 1. The van der Waals surface area contributed by atoms with Gasteiger partial charge in [-0.15, -0.1) is 21.5 Å². The molecule has 0 aliphatic carbocycles. The molecule has 156 valence electrons. The number of aromatic nitrogens is 3. The van der Waals surface area contributed by atoms with Gasteiger partial charge in [-0.2, -0.15) is 0 Å². The average Bonchev–Trinajstić information content (AvgIpc) is 3.27. The fraction of sp³-hybridized carbons (Fsp3) is 0.600. The zero-order chi connectivity index (χ0) is 21.0. The van der Waals surface area contributed by atoms with Gasteiger partial charge in [-0.05, 0) is 53.0 Å². The summed E-state index contributed by atoms with van der Waals surface area (Å²) in [7, 11) is 0. The van der Waals surface area contributed by atoms with Crippen LogP contribution < -0.4 is 10.6 Å². The number of nitrogens with zero attached hydrogens (tertiary/aromatic N) is 3. The summed E-state index contributed by atoms with van der Waals surface area (Å²) in [6.45, 7) is 11.2. The molecule has 2 aromatic heterocycles. The number of carbonyl (C=O) groups excluding carboxylic acids is 2. The topological polar surface area (TPSA) is 98.1 Å². The molecular weight excluding hydrogens is 390 g/mol. The Labute approximate surface area is 174 Å². The lowest BCUT2D eigenvalue weighted by molar-refractivity contribution is 0.0526. The van der Waals surface area contributed by atoms with E-state index < -0.39 is 5.97 Å². The molecule has 4 rings (SSSR count). The number of hydrogen-bond acceptors (Lipinski definition) is 7. The van der Waals surface area contributed by atoms with E-state index in [1.807, 2.05) is 4.57 Å². The molecule has 0 bridgehead atoms. The van der Waals surface area contributed by atoms with Crippen LogP contribution in [0.25, 0.3) is 0 Å². The maximum Gasteiger partial charge on any atom is 0.341 e. The number of carbonyl (C=O) groups is 2. The Morgan fingerprint density at radius 2 is 2.03 bits per heavy atom. The molecule has 1 amide bonds. The number of nitrogens with one attached hydrogen (secondary N) is 2. The zero-order valence-corrected chi connectivity index (χ0v) is 18.3. The first-order valence-electron chi connectivity index (χ1n) is 9.99. The minimum absolute atomic E-state index is 0.187. The normalized spacial score (nSPS) is 18.8. The molecule has 0 saturated heterocycles. The highest BCUT2D eigenvalue weighted by atomic mass is 32.1. The molecule has 0 radical (unpaired) electrons. The van der Waals surface area contributed by atoms with Crippen LogP contribution in [0.15, 0.2) is 0 Å². The number of fused-ring (bicyclic) bond motifs is 2. The standard InChI is InChI=1S/C20H27N5O3S/c1-6-28-18(27)13-11-10-19(2,3)24-20(4,5)14(11)29-17(13)21-16(26)15-23-22-12-8-7-9-25(12)15/h24H,6-10H2,1-5H3,(H,21,26). The Morgan fingerprint density at radius 3 is 2.76 bits per heavy atom. The Hall–Kier alpha value is -2.26. The summed E-state index contributed by atoms with van der Waals surface area (Å²) in [5.74, 6) is 0.370. The highest BCUT2D eigenvalue weighted by molar-refractivity contribution is 7.17. The van der Waals surface area contributed by atoms with Crippen LogP contribution in [0.4, 0.5) is 5.00 Å². The predicted molar refractivity (Wildman–Crippen MR) is 111 cm³/mol. The molecule has 0 atom stereocenters. The van der Waals surface area contributed by atoms with Crippen molar-refractivity contribution in [1.29, 1.82) is 0 Å². The quantitative estimate of drug-likeness (QED) is 0.743. The van der Waals surface area contributed by atoms with Crippen molar-refractivity contribution >= 4 is 28.2 Å². The van der Waals surface area contributed by atoms with Gasteiger partial charge in [0.05, 0.1) is 12.2 Å². The average molecular weight is 418 g/mol. The van der Waals surface area contributed by atoms with Gasteiger partial charge in [0.2, 0.25) is 5.82 Å². The summed E-state index contributed by atoms with van der Waals surface area (Å²) in [5.41, 5.74) is 0.892. The highest BCUT2D eigenvalue weighted by Gasteiger charge is 2.42. The van der Waals surface area contributed by atoms with Crippen LogP contribution in [0, 0.1) is 0 Å². The van der Waals surface area contributed by atoms with Crippen molar-refractivity contribution in [3.05, 3.63) is 27.7 Å². The molecule has 0 fully saturated rings. The van der Waals surface area contributed by atoms with Crippen molar-refractivity contribution < 1.29 is 14.3 Å². The highest BCUT2D eigenvalue weighted by Crippen LogP contribution is 2.45. The number of ether oxygens (including phenoxy) is 1. The van der Waals surface area contributed by atoms with Crippen LogP contribution in [0.5, 0.6) is 0 Å². The maximum atomic E-state index is 13.0. The van der Waals surface area contributed by atoms with E-state index in [-0.39, 0.29) is 29.4 Å². The third kappa shape index (κ3) is 3.46. The van der Waals surface area contributed by atoms with Gasteiger partial charge in [0, 0.05) is 28.9 Å². The third-order valence-corrected chi connectivity index (χ3v) is 6.83. The lowest BCUT2D eigenvalue weighted by atomic mass is 9.81. The molecule has 2 N–H and O–H groups in total. The molecule has 29 heavy (non-hydrogen) atoms. The van der Waals surface area contributed by atoms with Crippen molar-refractivity contribution in [1.82, 2.24) is 20.1 Å². The number of esters is 1. The van der Waals surface area contributed by atoms with Gasteiger partial charge >= 0.3 is 5.97 Å². The second kappa shape index (κ2) is 6.91. The van der Waals surface area contributed by atoms with Gasteiger partial charge in [-0.25, -0.2) is 4.79 Å². The Bertz CT molecular complexity index is 989. The third-order valence-electron chi connectivity index (χ3n) is 5.36. The fourth-order valence-corrected chi connectivity index (χ4v) is 5.77. The van der Waals surface area contributed by atoms with Gasteiger partial charge < -0.3 is 19.9 Å². The minimum atomic E-state index is -0.403. The summed E-state index contributed by atoms with van der Waals surface area (Å²) >= 11 is 1.43. The SMILES string of the molecule is CCOC(=O)c1c(NC(=O)c2nnc3n2CCC3)sc2c1CC(C)(C)NC2(C)C. The van der Waals surface area contributed by atoms with Crippen molar-refractivity contribution in [3.8, 4) is 0 Å². The molecule has 2 aliphatic heterocycles. The van der Waals surface area contributed by atoms with Crippen LogP contribution in [0.2, 0.25) is 0 Å². The van der Waals surface area contributed by atoms with Crippen molar-refractivity contribution in [2.75, 3.05) is 11.9 Å². The molecule has 9 heteroatoms. The number of aryl methyl sites for hydroxylation is 1. The zero-order valence-electron chi connectivity index (χ0n) is 17.5. The van der Waals surface area contributed by atoms with E-state index in [9.17, 15) is 9.59 Å². The number of anilines is 1. The molecule has 0 saturated carbocycles. The van der Waals surface area contributed by atoms with E-state index in [0.717, 1.165) is 35.7 Å². The number of rotatable bonds is 4. The predicted octanol–water partition coefficient (Wildman–Crippen LogP) is 2.87. The van der Waals surface area contributed by atoms with Gasteiger partial charge in [0.25, 0.3) is 5.91 Å². The fourth-order valence-electron chi connectivity index (χ4n) is 4.51. The first-order valence-corrected chi connectivity index (χ1v) is 10.8. The first kappa shape index (κ1) is 20.0. The summed E-state index contributed by atoms with van der Waals surface area (Å²) in [6.07, 6.45) is 2.46. The summed E-state index contributed by atoms with van der Waals surface area (Å²) in [6, 6.07) is 0. The van der Waals surface area contributed by atoms with Crippen LogP contribution in [0.1, 0.15) is 78.3 Å². The van der Waals surface area contributed by atoms with E-state index >= 15 is 0 Å². The number of hydrogen-bond donors (Lipinski definition) is 2. The van der Waals surface area contributed by atoms with Gasteiger partial charge in [0.1, 0.15) is 10.8 Å². The lowest BCUT2D eigenvalue weighted by Crippen LogP contribution is -2.55. The molecule has 2 aromatic rings. The number of thiophene rings is 1. The van der Waals surface area contributed by atoms with Crippen LogP contribution in [-0.2, 0) is 29.7 Å². The van der Waals surface area contributed by atoms with E-state index in [4.69, 9.17) is 4.74 Å². The van der Waals surface area contributed by atoms with E-state index in [0.29, 0.717) is 17.0 Å². The van der Waals surface area contributed by atoms with Crippen LogP contribution in [0.3, 0.4) is 0 Å². The van der Waals surface area contributed by atoms with E-state index in [1.165, 1.54) is 11.3 Å². The summed E-state index contributed by atoms with van der Waals surface area (Å²) in [5, 5.41) is 15.2. The molecule has 8 nitrogen and oxygen atoms in total. The molecule has 0 unspecified atom stereocenters. The lowest BCUT2D eigenvalue weighted by Gasteiger charge is -2.42. The van der Waals surface area contributed by atoms with Crippen molar-refractivity contribution in [2.45, 2.75) is 71.5 Å². The second-order valence-electron chi connectivity index (χ2n) is 8.79. The van der Waals surface area contributed by atoms with Gasteiger partial charge in [-0.1, -0.05) is 0 Å². The largest absolute Gasteiger partial charge is 0.462 e. The molecule has 4 heterocycles. The minimum Gasteiger partial charge on any atom is -0.462 e. The first-order chi connectivity index (χ1) is 13.6. The van der Waals surface area contributed by atoms with Crippen LogP contribution >= 0.6 is 11.3 Å². The molecule has 0 aromatic carbocycles. The Morgan fingerprint density at radius 1 is 1.28 bits per heavy atom. The summed E-state index contributed by atoms with van der Waals surface area (Å²) in [4.78, 5) is 26.9. The molecular formula is C20H27N5O3S. The second-order valence-corrected chi connectivity index (χ2v) is 9.81. The maximum absolute atomic E-state index is 13.0. The van der Waals surface area contributed by atoms with Crippen molar-refractivity contribution in [3.63, 3.8) is 0 Å².